The van der Waals surface area contributed by atoms with Crippen LogP contribution in [0.15, 0.2) is 30.3 Å². The highest BCUT2D eigenvalue weighted by Crippen LogP contribution is 2.48. The number of carbonyl (C=O) groups is 1. The van der Waals surface area contributed by atoms with Gasteiger partial charge in [-0.05, 0) is 61.9 Å². The summed E-state index contributed by atoms with van der Waals surface area (Å²) < 4.78 is 11.2. The van der Waals surface area contributed by atoms with Crippen LogP contribution in [0.5, 0.6) is 11.5 Å². The Morgan fingerprint density at radius 3 is 2.77 bits per heavy atom. The summed E-state index contributed by atoms with van der Waals surface area (Å²) in [6.07, 6.45) is 4.15. The van der Waals surface area contributed by atoms with Crippen LogP contribution in [0.25, 0.3) is 0 Å². The van der Waals surface area contributed by atoms with Crippen molar-refractivity contribution in [1.29, 1.82) is 0 Å². The Bertz CT molecular complexity index is 916. The highest BCUT2D eigenvalue weighted by Gasteiger charge is 2.36. The maximum Gasteiger partial charge on any atom is 0.251 e. The number of hydrogen-bond donors (Lipinski definition) is 1. The van der Waals surface area contributed by atoms with Crippen LogP contribution in [-0.2, 0) is 12.8 Å². The van der Waals surface area contributed by atoms with E-state index in [0.29, 0.717) is 12.6 Å². The molecule has 1 N–H and O–H groups in total. The van der Waals surface area contributed by atoms with Gasteiger partial charge in [0.2, 0.25) is 0 Å². The first kappa shape index (κ1) is 22.4. The summed E-state index contributed by atoms with van der Waals surface area (Å²) in [4.78, 5) is 14.9. The van der Waals surface area contributed by atoms with E-state index in [0.717, 1.165) is 61.4 Å². The molecule has 2 aromatic rings. The third-order valence-corrected chi connectivity index (χ3v) is 6.20. The van der Waals surface area contributed by atoms with Gasteiger partial charge in [0.1, 0.15) is 0 Å². The van der Waals surface area contributed by atoms with Crippen molar-refractivity contribution >= 4 is 18.3 Å². The zero-order valence-corrected chi connectivity index (χ0v) is 18.8. The van der Waals surface area contributed by atoms with Crippen LogP contribution in [0.4, 0.5) is 0 Å². The van der Waals surface area contributed by atoms with Gasteiger partial charge in [0.05, 0.1) is 14.2 Å². The molecule has 0 bridgehead atoms. The molecule has 1 amide bonds. The molecule has 1 aliphatic heterocycles. The molecule has 1 atom stereocenters. The first-order chi connectivity index (χ1) is 14.1. The van der Waals surface area contributed by atoms with Crippen molar-refractivity contribution in [3.05, 3.63) is 58.1 Å². The number of amides is 1. The van der Waals surface area contributed by atoms with Crippen LogP contribution in [0.1, 0.15) is 51.5 Å². The Morgan fingerprint density at radius 2 is 2.03 bits per heavy atom. The van der Waals surface area contributed by atoms with Crippen LogP contribution in [0.2, 0.25) is 0 Å². The highest BCUT2D eigenvalue weighted by molar-refractivity contribution is 5.94. The number of carbonyl (C=O) groups excluding carboxylic acids is 1. The molecule has 5 nitrogen and oxygen atoms in total. The number of methoxy groups -OCH3 is 2. The van der Waals surface area contributed by atoms with Crippen LogP contribution in [-0.4, -0.2) is 44.7 Å². The first-order valence-electron chi connectivity index (χ1n) is 10.5. The third kappa shape index (κ3) is 4.28. The van der Waals surface area contributed by atoms with Crippen molar-refractivity contribution in [2.75, 3.05) is 33.9 Å². The van der Waals surface area contributed by atoms with Crippen molar-refractivity contribution in [2.24, 2.45) is 0 Å². The van der Waals surface area contributed by atoms with Crippen LogP contribution < -0.4 is 14.8 Å². The van der Waals surface area contributed by atoms with Gasteiger partial charge < -0.3 is 14.8 Å². The fourth-order valence-electron chi connectivity index (χ4n) is 4.86. The van der Waals surface area contributed by atoms with E-state index in [1.54, 1.807) is 14.2 Å². The molecule has 0 saturated carbocycles. The molecule has 1 unspecified atom stereocenters. The van der Waals surface area contributed by atoms with E-state index >= 15 is 0 Å². The van der Waals surface area contributed by atoms with Crippen LogP contribution >= 0.6 is 12.4 Å². The average Bonchev–Trinajstić information content (AvgIpc) is 3.18. The lowest BCUT2D eigenvalue weighted by Gasteiger charge is -2.35. The smallest absolute Gasteiger partial charge is 0.251 e. The number of rotatable bonds is 7. The number of ether oxygens (including phenoxy) is 2. The number of aryl methyl sites for hydroxylation is 1. The Kier molecular flexibility index (Phi) is 7.27. The van der Waals surface area contributed by atoms with Gasteiger partial charge in [-0.2, -0.15) is 0 Å². The summed E-state index contributed by atoms with van der Waals surface area (Å²) in [6, 6.07) is 10.3. The Morgan fingerprint density at radius 1 is 1.20 bits per heavy atom. The largest absolute Gasteiger partial charge is 0.493 e. The number of hydrogen-bond acceptors (Lipinski definition) is 4. The maximum atomic E-state index is 12.3. The molecule has 2 aliphatic rings. The third-order valence-electron chi connectivity index (χ3n) is 6.20. The molecular formula is C24H31ClN2O3. The second-order valence-electron chi connectivity index (χ2n) is 7.98. The van der Waals surface area contributed by atoms with Gasteiger partial charge >= 0.3 is 0 Å². The number of benzene rings is 2. The summed E-state index contributed by atoms with van der Waals surface area (Å²) in [6.45, 7) is 4.75. The minimum Gasteiger partial charge on any atom is -0.493 e. The van der Waals surface area contributed by atoms with Crippen molar-refractivity contribution in [3.8, 4) is 11.5 Å². The lowest BCUT2D eigenvalue weighted by Crippen LogP contribution is -2.36. The van der Waals surface area contributed by atoms with Crippen molar-refractivity contribution in [1.82, 2.24) is 10.2 Å². The topological polar surface area (TPSA) is 50.8 Å². The lowest BCUT2D eigenvalue weighted by atomic mass is 9.92. The predicted octanol–water partition coefficient (Wildman–Crippen LogP) is 4.10. The van der Waals surface area contributed by atoms with Gasteiger partial charge in [-0.15, -0.1) is 12.4 Å². The predicted molar refractivity (Wildman–Crippen MR) is 121 cm³/mol. The SMILES string of the molecule is COc1cc2c3c(c1OC)CCC3N(CCCNC(=O)c1cccc(C)c1)CC2.Cl. The van der Waals surface area contributed by atoms with E-state index in [1.165, 1.54) is 16.7 Å². The summed E-state index contributed by atoms with van der Waals surface area (Å²) >= 11 is 0. The van der Waals surface area contributed by atoms with Crippen molar-refractivity contribution in [3.63, 3.8) is 0 Å². The Balaban J connectivity index is 0.00000256. The molecule has 0 spiro atoms. The van der Waals surface area contributed by atoms with E-state index in [2.05, 4.69) is 16.3 Å². The van der Waals surface area contributed by atoms with E-state index in [9.17, 15) is 4.79 Å². The molecule has 30 heavy (non-hydrogen) atoms. The first-order valence-corrected chi connectivity index (χ1v) is 10.5. The molecule has 0 radical (unpaired) electrons. The summed E-state index contributed by atoms with van der Waals surface area (Å²) in [5.41, 5.74) is 6.03. The van der Waals surface area contributed by atoms with Crippen molar-refractivity contribution in [2.45, 2.75) is 38.6 Å². The molecule has 0 fully saturated rings. The Labute approximate surface area is 185 Å². The van der Waals surface area contributed by atoms with E-state index in [1.807, 2.05) is 31.2 Å². The molecule has 1 aliphatic carbocycles. The zero-order chi connectivity index (χ0) is 20.4. The second kappa shape index (κ2) is 9.71. The van der Waals surface area contributed by atoms with E-state index in [-0.39, 0.29) is 18.3 Å². The van der Waals surface area contributed by atoms with Gasteiger partial charge in [0, 0.05) is 36.8 Å². The second-order valence-corrected chi connectivity index (χ2v) is 7.98. The summed E-state index contributed by atoms with van der Waals surface area (Å²) in [5, 5.41) is 3.06. The standard InChI is InChI=1S/C24H30N2O3.ClH/c1-16-6-4-7-18(14-16)24(27)25-11-5-12-26-13-10-17-15-21(28-2)23(29-3)19-8-9-20(26)22(17)19;/h4,6-7,14-15,20H,5,8-13H2,1-3H3,(H,25,27);1H. The van der Waals surface area contributed by atoms with E-state index in [4.69, 9.17) is 9.47 Å². The average molecular weight is 431 g/mol. The number of halogens is 1. The van der Waals surface area contributed by atoms with Gasteiger partial charge in [0.25, 0.3) is 5.91 Å². The normalized spacial score (nSPS) is 17.1. The summed E-state index contributed by atoms with van der Waals surface area (Å²) in [5.74, 6) is 1.77. The Hall–Kier alpha value is -2.24. The van der Waals surface area contributed by atoms with Gasteiger partial charge in [-0.1, -0.05) is 17.7 Å². The molecule has 1 heterocycles. The monoisotopic (exact) mass is 430 g/mol. The lowest BCUT2D eigenvalue weighted by molar-refractivity contribution is 0.0949. The van der Waals surface area contributed by atoms with Crippen molar-refractivity contribution < 1.29 is 14.3 Å². The zero-order valence-electron chi connectivity index (χ0n) is 18.0. The molecule has 0 aromatic heterocycles. The minimum atomic E-state index is 0. The van der Waals surface area contributed by atoms with Crippen LogP contribution in [0.3, 0.4) is 0 Å². The van der Waals surface area contributed by atoms with Gasteiger partial charge in [0.15, 0.2) is 11.5 Å². The molecular weight excluding hydrogens is 400 g/mol. The number of nitrogens with zero attached hydrogens (tertiary/aromatic N) is 1. The fraction of sp³-hybridized carbons (Fsp3) is 0.458. The minimum absolute atomic E-state index is 0. The van der Waals surface area contributed by atoms with Gasteiger partial charge in [-0.25, -0.2) is 0 Å². The fourth-order valence-corrected chi connectivity index (χ4v) is 4.86. The molecule has 4 rings (SSSR count). The highest BCUT2D eigenvalue weighted by atomic mass is 35.5. The van der Waals surface area contributed by atoms with Gasteiger partial charge in [-0.3, -0.25) is 9.69 Å². The maximum absolute atomic E-state index is 12.3. The molecule has 2 aromatic carbocycles. The summed E-state index contributed by atoms with van der Waals surface area (Å²) in [7, 11) is 3.44. The quantitative estimate of drug-likeness (QED) is 0.672. The molecule has 162 valence electrons. The van der Waals surface area contributed by atoms with Crippen LogP contribution in [0, 0.1) is 6.92 Å². The number of nitrogens with one attached hydrogen (secondary N) is 1. The molecule has 0 saturated heterocycles. The molecule has 6 heteroatoms. The van der Waals surface area contributed by atoms with E-state index < -0.39 is 0 Å².